The number of nitrogens with one attached hydrogen (secondary N) is 1. The maximum absolute atomic E-state index is 9.33. The van der Waals surface area contributed by atoms with Crippen molar-refractivity contribution in [3.8, 4) is 0 Å². The van der Waals surface area contributed by atoms with E-state index in [0.717, 1.165) is 25.0 Å². The Morgan fingerprint density at radius 2 is 2.42 bits per heavy atom. The van der Waals surface area contributed by atoms with Gasteiger partial charge in [0.25, 0.3) is 0 Å². The highest BCUT2D eigenvalue weighted by atomic mass is 16.3. The van der Waals surface area contributed by atoms with Gasteiger partial charge in [-0.1, -0.05) is 19.1 Å². The summed E-state index contributed by atoms with van der Waals surface area (Å²) < 4.78 is 0. The summed E-state index contributed by atoms with van der Waals surface area (Å²) in [6.45, 7) is 2.23. The topological polar surface area (TPSA) is 32.3 Å². The molecule has 2 atom stereocenters. The normalized spacial score (nSPS) is 34.5. The lowest BCUT2D eigenvalue weighted by molar-refractivity contribution is 0.131. The van der Waals surface area contributed by atoms with Gasteiger partial charge in [-0.3, -0.25) is 0 Å². The molecule has 12 heavy (non-hydrogen) atoms. The van der Waals surface area contributed by atoms with Crippen LogP contribution >= 0.6 is 0 Å². The number of hydrogen-bond acceptors (Lipinski definition) is 2. The first-order valence-electron chi connectivity index (χ1n) is 4.61. The van der Waals surface area contributed by atoms with Crippen molar-refractivity contribution in [2.24, 2.45) is 5.92 Å². The van der Waals surface area contributed by atoms with E-state index in [9.17, 15) is 5.11 Å². The van der Waals surface area contributed by atoms with Crippen molar-refractivity contribution in [3.05, 3.63) is 23.4 Å². The van der Waals surface area contributed by atoms with Crippen molar-refractivity contribution in [3.63, 3.8) is 0 Å². The van der Waals surface area contributed by atoms with Gasteiger partial charge in [0.1, 0.15) is 6.23 Å². The second kappa shape index (κ2) is 2.94. The number of aliphatic hydroxyl groups excluding tert-OH is 1. The fraction of sp³-hybridized carbons (Fsp3) is 0.600. The van der Waals surface area contributed by atoms with Gasteiger partial charge in [0.15, 0.2) is 0 Å². The predicted octanol–water partition coefficient (Wildman–Crippen LogP) is 1.54. The Balaban J connectivity index is 2.16. The number of rotatable bonds is 0. The molecule has 2 heteroatoms. The van der Waals surface area contributed by atoms with Gasteiger partial charge in [-0.25, -0.2) is 0 Å². The molecule has 0 saturated carbocycles. The fourth-order valence-electron chi connectivity index (χ4n) is 1.85. The minimum Gasteiger partial charge on any atom is -0.374 e. The summed E-state index contributed by atoms with van der Waals surface area (Å²) in [7, 11) is 0. The smallest absolute Gasteiger partial charge is 0.124 e. The van der Waals surface area contributed by atoms with Crippen LogP contribution in [0.3, 0.4) is 0 Å². The van der Waals surface area contributed by atoms with E-state index in [0.29, 0.717) is 5.92 Å². The fourth-order valence-corrected chi connectivity index (χ4v) is 1.85. The Morgan fingerprint density at radius 1 is 1.58 bits per heavy atom. The zero-order chi connectivity index (χ0) is 8.55. The van der Waals surface area contributed by atoms with Crippen molar-refractivity contribution in [1.29, 1.82) is 0 Å². The zero-order valence-corrected chi connectivity index (χ0v) is 7.38. The van der Waals surface area contributed by atoms with Crippen LogP contribution in [0.1, 0.15) is 26.2 Å². The molecular formula is C10H15NO. The Bertz CT molecular complexity index is 242. The number of fused-ring (bicyclic) bond motifs is 1. The third kappa shape index (κ3) is 1.39. The molecular weight excluding hydrogens is 150 g/mol. The van der Waals surface area contributed by atoms with Crippen molar-refractivity contribution in [1.82, 2.24) is 5.32 Å². The molecule has 1 aliphatic heterocycles. The van der Waals surface area contributed by atoms with Crippen LogP contribution in [-0.2, 0) is 0 Å². The van der Waals surface area contributed by atoms with Gasteiger partial charge in [0, 0.05) is 5.70 Å². The molecule has 0 amide bonds. The monoisotopic (exact) mass is 165 g/mol. The molecule has 0 bridgehead atoms. The lowest BCUT2D eigenvalue weighted by Gasteiger charge is -2.28. The Labute approximate surface area is 73.0 Å². The molecule has 1 saturated heterocycles. The molecule has 0 radical (unpaired) electrons. The van der Waals surface area contributed by atoms with Crippen molar-refractivity contribution < 1.29 is 5.11 Å². The average Bonchev–Trinajstić information content (AvgIpc) is 2.05. The molecule has 1 fully saturated rings. The largest absolute Gasteiger partial charge is 0.374 e. The highest BCUT2D eigenvalue weighted by Crippen LogP contribution is 2.28. The first-order valence-corrected chi connectivity index (χ1v) is 4.61. The lowest BCUT2D eigenvalue weighted by Crippen LogP contribution is -2.34. The van der Waals surface area contributed by atoms with Crippen molar-refractivity contribution in [2.45, 2.75) is 32.4 Å². The van der Waals surface area contributed by atoms with Crippen LogP contribution in [0, 0.1) is 5.92 Å². The summed E-state index contributed by atoms with van der Waals surface area (Å²) >= 11 is 0. The van der Waals surface area contributed by atoms with Gasteiger partial charge < -0.3 is 10.4 Å². The van der Waals surface area contributed by atoms with Crippen molar-refractivity contribution in [2.75, 3.05) is 0 Å². The molecule has 0 aromatic rings. The highest BCUT2D eigenvalue weighted by molar-refractivity contribution is 5.35. The summed E-state index contributed by atoms with van der Waals surface area (Å²) in [4.78, 5) is 0. The number of allylic oxidation sites excluding steroid dienone is 3. The summed E-state index contributed by atoms with van der Waals surface area (Å²) in [5.74, 6) is 0.667. The molecule has 0 spiro atoms. The SMILES string of the molecule is CC1C=C2CCC(O)NC2=CC1. The molecule has 66 valence electrons. The second-order valence-electron chi connectivity index (χ2n) is 3.72. The molecule has 1 heterocycles. The van der Waals surface area contributed by atoms with E-state index >= 15 is 0 Å². The quantitative estimate of drug-likeness (QED) is 0.570. The highest BCUT2D eigenvalue weighted by Gasteiger charge is 2.20. The Morgan fingerprint density at radius 3 is 3.25 bits per heavy atom. The first-order chi connectivity index (χ1) is 5.75. The Kier molecular flexibility index (Phi) is 1.93. The average molecular weight is 165 g/mol. The molecule has 2 nitrogen and oxygen atoms in total. The van der Waals surface area contributed by atoms with Crippen LogP contribution in [-0.4, -0.2) is 11.3 Å². The van der Waals surface area contributed by atoms with E-state index in [-0.39, 0.29) is 6.23 Å². The van der Waals surface area contributed by atoms with E-state index in [1.54, 1.807) is 0 Å². The molecule has 2 N–H and O–H groups in total. The number of aliphatic hydroxyl groups is 1. The molecule has 1 aliphatic carbocycles. The second-order valence-corrected chi connectivity index (χ2v) is 3.72. The van der Waals surface area contributed by atoms with Crippen LogP contribution in [0.25, 0.3) is 0 Å². The van der Waals surface area contributed by atoms with Gasteiger partial charge >= 0.3 is 0 Å². The maximum Gasteiger partial charge on any atom is 0.124 e. The standard InChI is InChI=1S/C10H15NO/c1-7-2-4-9-8(6-7)3-5-10(12)11-9/h4,6-7,10-12H,2-3,5H2,1H3. The Hall–Kier alpha value is -0.760. The molecule has 2 aliphatic rings. The number of piperidine rings is 1. The van der Waals surface area contributed by atoms with Crippen LogP contribution < -0.4 is 5.32 Å². The summed E-state index contributed by atoms with van der Waals surface area (Å²) in [6, 6.07) is 0. The van der Waals surface area contributed by atoms with E-state index < -0.39 is 0 Å². The van der Waals surface area contributed by atoms with Gasteiger partial charge in [-0.2, -0.15) is 0 Å². The maximum atomic E-state index is 9.33. The third-order valence-electron chi connectivity index (χ3n) is 2.53. The van der Waals surface area contributed by atoms with Gasteiger partial charge in [-0.15, -0.1) is 0 Å². The van der Waals surface area contributed by atoms with Crippen LogP contribution in [0.5, 0.6) is 0 Å². The minimum atomic E-state index is -0.332. The van der Waals surface area contributed by atoms with Gasteiger partial charge in [0.2, 0.25) is 0 Å². The molecule has 0 aromatic carbocycles. The van der Waals surface area contributed by atoms with E-state index in [2.05, 4.69) is 24.4 Å². The summed E-state index contributed by atoms with van der Waals surface area (Å²) in [5, 5.41) is 12.4. The van der Waals surface area contributed by atoms with Crippen LogP contribution in [0.15, 0.2) is 23.4 Å². The minimum absolute atomic E-state index is 0.332. The summed E-state index contributed by atoms with van der Waals surface area (Å²) in [5.41, 5.74) is 2.55. The first kappa shape index (κ1) is 7.87. The number of hydrogen-bond donors (Lipinski definition) is 2. The third-order valence-corrected chi connectivity index (χ3v) is 2.53. The zero-order valence-electron chi connectivity index (χ0n) is 7.38. The van der Waals surface area contributed by atoms with Gasteiger partial charge in [-0.05, 0) is 30.8 Å². The van der Waals surface area contributed by atoms with E-state index in [4.69, 9.17) is 0 Å². The summed E-state index contributed by atoms with van der Waals surface area (Å²) in [6.07, 6.45) is 7.14. The van der Waals surface area contributed by atoms with Gasteiger partial charge in [0.05, 0.1) is 0 Å². The van der Waals surface area contributed by atoms with Crippen LogP contribution in [0.4, 0.5) is 0 Å². The predicted molar refractivity (Wildman–Crippen MR) is 48.3 cm³/mol. The molecule has 2 unspecified atom stereocenters. The molecule has 0 aromatic heterocycles. The molecule has 2 rings (SSSR count). The van der Waals surface area contributed by atoms with E-state index in [1.807, 2.05) is 0 Å². The van der Waals surface area contributed by atoms with Crippen molar-refractivity contribution >= 4 is 0 Å². The van der Waals surface area contributed by atoms with Crippen LogP contribution in [0.2, 0.25) is 0 Å². The lowest BCUT2D eigenvalue weighted by atomic mass is 9.90. The van der Waals surface area contributed by atoms with E-state index in [1.165, 1.54) is 5.57 Å².